The number of aromatic hydroxyl groups is 1. The van der Waals surface area contributed by atoms with Crippen LogP contribution in [0.4, 0.5) is 0 Å². The highest BCUT2D eigenvalue weighted by Gasteiger charge is 2.24. The Bertz CT molecular complexity index is 1180. The van der Waals surface area contributed by atoms with E-state index in [1.54, 1.807) is 31.4 Å². The van der Waals surface area contributed by atoms with Crippen LogP contribution in [-0.4, -0.2) is 37.0 Å². The second kappa shape index (κ2) is 8.15. The van der Waals surface area contributed by atoms with Crippen molar-refractivity contribution >= 4 is 39.9 Å². The molecule has 0 bridgehead atoms. The fraction of sp³-hybridized carbons (Fsp3) is 0.174. The molecule has 0 aliphatic carbocycles. The quantitative estimate of drug-likeness (QED) is 0.467. The number of phenols is 1. The van der Waals surface area contributed by atoms with Crippen molar-refractivity contribution in [2.45, 2.75) is 6.54 Å². The largest absolute Gasteiger partial charge is 0.507 e. The second-order valence-corrected chi connectivity index (χ2v) is 7.02. The second-order valence-electron chi connectivity index (χ2n) is 7.02. The average Bonchev–Trinajstić information content (AvgIpc) is 3.15. The molecule has 0 spiro atoms. The van der Waals surface area contributed by atoms with Gasteiger partial charge >= 0.3 is 0 Å². The van der Waals surface area contributed by atoms with Gasteiger partial charge in [0, 0.05) is 33.8 Å². The number of rotatable bonds is 5. The Labute approximate surface area is 174 Å². The fourth-order valence-corrected chi connectivity index (χ4v) is 3.56. The molecule has 0 saturated heterocycles. The average molecular weight is 412 g/mol. The lowest BCUT2D eigenvalue weighted by Crippen LogP contribution is -2.12. The van der Waals surface area contributed by atoms with Gasteiger partial charge in [0.25, 0.3) is 0 Å². The number of nitrogens with zero attached hydrogens (tertiary/aromatic N) is 1. The fourth-order valence-electron chi connectivity index (χ4n) is 3.56. The van der Waals surface area contributed by atoms with Gasteiger partial charge in [0.05, 0.1) is 12.7 Å². The van der Waals surface area contributed by atoms with E-state index in [1.165, 1.54) is 6.26 Å². The lowest BCUT2D eigenvalue weighted by Gasteiger charge is -2.15. The third-order valence-electron chi connectivity index (χ3n) is 4.88. The van der Waals surface area contributed by atoms with Crippen LogP contribution in [0.3, 0.4) is 0 Å². The first-order chi connectivity index (χ1) is 13.5. The topological polar surface area (TPSA) is 62.9 Å². The number of carbonyl (C=O) groups excluding carboxylic acids is 1. The van der Waals surface area contributed by atoms with Gasteiger partial charge in [-0.25, -0.2) is 0 Å². The maximum Gasteiger partial charge on any atom is 0.196 e. The third kappa shape index (κ3) is 3.55. The molecule has 1 aromatic heterocycles. The molecule has 0 atom stereocenters. The van der Waals surface area contributed by atoms with Gasteiger partial charge < -0.3 is 19.2 Å². The van der Waals surface area contributed by atoms with Crippen LogP contribution in [0.2, 0.25) is 0 Å². The van der Waals surface area contributed by atoms with E-state index in [1.807, 2.05) is 43.3 Å². The molecule has 0 fully saturated rings. The van der Waals surface area contributed by atoms with Crippen molar-refractivity contribution in [3.8, 4) is 11.5 Å². The molecular weight excluding hydrogens is 390 g/mol. The number of benzene rings is 3. The van der Waals surface area contributed by atoms with E-state index >= 15 is 0 Å². The van der Waals surface area contributed by atoms with Gasteiger partial charge in [-0.1, -0.05) is 24.3 Å². The van der Waals surface area contributed by atoms with E-state index < -0.39 is 0 Å². The number of carbonyl (C=O) groups is 1. The number of ether oxygens (including phenoxy) is 1. The number of furan rings is 1. The molecule has 3 aromatic carbocycles. The number of fused-ring (bicyclic) bond motifs is 3. The standard InChI is InChI=1S/C23H21NO4.ClH/c1-24(2)12-18-20-19(21(25)14-8-10-15(27-3)11-9-14)13-28-23(20)17-7-5-4-6-16(17)22(18)26;/h4-11,13,26H,12H2,1-3H3;1H. The molecule has 0 amide bonds. The van der Waals surface area contributed by atoms with Crippen molar-refractivity contribution in [3.63, 3.8) is 0 Å². The highest BCUT2D eigenvalue weighted by molar-refractivity contribution is 6.21. The van der Waals surface area contributed by atoms with Gasteiger partial charge in [-0.3, -0.25) is 4.79 Å². The molecule has 6 heteroatoms. The lowest BCUT2D eigenvalue weighted by molar-refractivity contribution is 0.103. The van der Waals surface area contributed by atoms with Crippen LogP contribution >= 0.6 is 12.4 Å². The number of methoxy groups -OCH3 is 1. The molecular formula is C23H22ClNO4. The summed E-state index contributed by atoms with van der Waals surface area (Å²) in [6.45, 7) is 0.482. The summed E-state index contributed by atoms with van der Waals surface area (Å²) in [5, 5.41) is 13.1. The van der Waals surface area contributed by atoms with E-state index in [0.29, 0.717) is 45.3 Å². The highest BCUT2D eigenvalue weighted by atomic mass is 35.5. The number of ketones is 1. The predicted octanol–water partition coefficient (Wildman–Crippen LogP) is 5.01. The highest BCUT2D eigenvalue weighted by Crippen LogP contribution is 2.40. The number of phenolic OH excluding ortho intramolecular Hbond substituents is 1. The maximum absolute atomic E-state index is 13.2. The van der Waals surface area contributed by atoms with Gasteiger partial charge in [-0.15, -0.1) is 12.4 Å². The third-order valence-corrected chi connectivity index (χ3v) is 4.88. The van der Waals surface area contributed by atoms with Crippen LogP contribution in [-0.2, 0) is 6.54 Å². The summed E-state index contributed by atoms with van der Waals surface area (Å²) in [6, 6.07) is 14.5. The normalized spacial score (nSPS) is 11.0. The van der Waals surface area contributed by atoms with Crippen LogP contribution in [0.15, 0.2) is 59.2 Å². The first kappa shape index (κ1) is 20.7. The molecule has 150 valence electrons. The summed E-state index contributed by atoms with van der Waals surface area (Å²) in [5.41, 5.74) is 2.27. The monoisotopic (exact) mass is 411 g/mol. The summed E-state index contributed by atoms with van der Waals surface area (Å²) in [4.78, 5) is 15.2. The maximum atomic E-state index is 13.2. The molecule has 1 N–H and O–H groups in total. The number of hydrogen-bond acceptors (Lipinski definition) is 5. The van der Waals surface area contributed by atoms with Crippen molar-refractivity contribution in [2.24, 2.45) is 0 Å². The van der Waals surface area contributed by atoms with Crippen molar-refractivity contribution in [1.29, 1.82) is 0 Å². The zero-order valence-corrected chi connectivity index (χ0v) is 17.2. The van der Waals surface area contributed by atoms with Crippen molar-refractivity contribution in [2.75, 3.05) is 21.2 Å². The first-order valence-corrected chi connectivity index (χ1v) is 8.98. The van der Waals surface area contributed by atoms with Crippen molar-refractivity contribution in [1.82, 2.24) is 4.90 Å². The summed E-state index contributed by atoms with van der Waals surface area (Å²) in [5.74, 6) is 0.712. The Hall–Kier alpha value is -3.02. The van der Waals surface area contributed by atoms with Crippen LogP contribution in [0.1, 0.15) is 21.5 Å². The van der Waals surface area contributed by atoms with E-state index in [9.17, 15) is 9.90 Å². The predicted molar refractivity (Wildman–Crippen MR) is 116 cm³/mol. The van der Waals surface area contributed by atoms with E-state index in [2.05, 4.69) is 0 Å². The molecule has 4 rings (SSSR count). The zero-order chi connectivity index (χ0) is 19.8. The SMILES string of the molecule is COc1ccc(C(=O)c2coc3c2c(CN(C)C)c(O)c2ccccc23)cc1.Cl. The molecule has 0 aliphatic rings. The summed E-state index contributed by atoms with van der Waals surface area (Å²) in [7, 11) is 5.43. The zero-order valence-electron chi connectivity index (χ0n) is 16.4. The van der Waals surface area contributed by atoms with Gasteiger partial charge in [0.2, 0.25) is 0 Å². The van der Waals surface area contributed by atoms with Gasteiger partial charge in [-0.05, 0) is 38.4 Å². The van der Waals surface area contributed by atoms with E-state index in [-0.39, 0.29) is 23.9 Å². The Kier molecular flexibility index (Phi) is 5.82. The lowest BCUT2D eigenvalue weighted by atomic mass is 9.95. The Morgan fingerprint density at radius 1 is 1.07 bits per heavy atom. The molecule has 0 unspecified atom stereocenters. The van der Waals surface area contributed by atoms with Crippen molar-refractivity contribution < 1.29 is 19.1 Å². The number of halogens is 1. The van der Waals surface area contributed by atoms with Gasteiger partial charge in [-0.2, -0.15) is 0 Å². The van der Waals surface area contributed by atoms with Crippen LogP contribution < -0.4 is 4.74 Å². The minimum Gasteiger partial charge on any atom is -0.507 e. The molecule has 0 saturated carbocycles. The van der Waals surface area contributed by atoms with Crippen LogP contribution in [0.25, 0.3) is 21.7 Å². The minimum atomic E-state index is -0.156. The van der Waals surface area contributed by atoms with Gasteiger partial charge in [0.15, 0.2) is 5.78 Å². The Morgan fingerprint density at radius 3 is 2.34 bits per heavy atom. The minimum absolute atomic E-state index is 0. The molecule has 5 nitrogen and oxygen atoms in total. The Balaban J connectivity index is 0.00000240. The summed E-state index contributed by atoms with van der Waals surface area (Å²) >= 11 is 0. The van der Waals surface area contributed by atoms with Crippen LogP contribution in [0.5, 0.6) is 11.5 Å². The molecule has 4 aromatic rings. The van der Waals surface area contributed by atoms with Crippen molar-refractivity contribution in [3.05, 3.63) is 71.5 Å². The van der Waals surface area contributed by atoms with E-state index in [0.717, 1.165) is 5.39 Å². The molecule has 0 radical (unpaired) electrons. The Morgan fingerprint density at radius 2 is 1.72 bits per heavy atom. The summed E-state index contributed by atoms with van der Waals surface area (Å²) in [6.07, 6.45) is 1.49. The summed E-state index contributed by atoms with van der Waals surface area (Å²) < 4.78 is 11.0. The van der Waals surface area contributed by atoms with Crippen LogP contribution in [0, 0.1) is 0 Å². The van der Waals surface area contributed by atoms with Gasteiger partial charge in [0.1, 0.15) is 23.3 Å². The molecule has 29 heavy (non-hydrogen) atoms. The first-order valence-electron chi connectivity index (χ1n) is 8.98. The molecule has 1 heterocycles. The number of hydrogen-bond donors (Lipinski definition) is 1. The molecule has 0 aliphatic heterocycles. The van der Waals surface area contributed by atoms with E-state index in [4.69, 9.17) is 9.15 Å². The smallest absolute Gasteiger partial charge is 0.196 e.